The molecule has 34 heavy (non-hydrogen) atoms. The molecule has 8 nitrogen and oxygen atoms in total. The van der Waals surface area contributed by atoms with E-state index in [1.165, 1.54) is 7.11 Å². The van der Waals surface area contributed by atoms with Crippen molar-refractivity contribution < 1.29 is 22.7 Å². The lowest BCUT2D eigenvalue weighted by atomic mass is 9.72. The van der Waals surface area contributed by atoms with Crippen LogP contribution in [-0.4, -0.2) is 63.1 Å². The second-order valence-corrected chi connectivity index (χ2v) is 11.1. The fraction of sp³-hybridized carbons (Fsp3) is 0.400. The summed E-state index contributed by atoms with van der Waals surface area (Å²) in [7, 11) is -1.64. The molecule has 9 heteroatoms. The summed E-state index contributed by atoms with van der Waals surface area (Å²) >= 11 is 0. The minimum atomic E-state index is -2.99. The molecule has 0 aromatic heterocycles. The number of sulfone groups is 1. The van der Waals surface area contributed by atoms with Crippen molar-refractivity contribution in [2.75, 3.05) is 31.7 Å². The van der Waals surface area contributed by atoms with Crippen molar-refractivity contribution in [1.82, 2.24) is 5.01 Å². The number of nitrogens with zero attached hydrogens (tertiary/aromatic N) is 2. The Morgan fingerprint density at radius 2 is 1.79 bits per heavy atom. The summed E-state index contributed by atoms with van der Waals surface area (Å²) in [5.41, 5.74) is 9.51. The highest BCUT2D eigenvalue weighted by Gasteiger charge is 2.34. The molecular formula is C25H29N3O5S. The van der Waals surface area contributed by atoms with Gasteiger partial charge in [-0.1, -0.05) is 42.5 Å². The number of esters is 1. The summed E-state index contributed by atoms with van der Waals surface area (Å²) in [4.78, 5) is 25.1. The van der Waals surface area contributed by atoms with E-state index in [-0.39, 0.29) is 41.5 Å². The number of carbonyl (C=O) groups excluding carboxylic acids is 2. The standard InChI is InChI=1S/C25H29N3O5S/c1-33-23(29)15-19-13-20(16-27-28-9-11-34(31,32)12-10-28)21-8-7-18(14-22(21)24(19)26)25(30)17-5-3-2-4-6-17/h2-8,14,16,19-20,24H,9-13,15,26H2,1H3. The highest BCUT2D eigenvalue weighted by molar-refractivity contribution is 7.91. The molecule has 1 fully saturated rings. The third-order valence-corrected chi connectivity index (χ3v) is 8.20. The van der Waals surface area contributed by atoms with Crippen LogP contribution in [0.15, 0.2) is 53.6 Å². The molecule has 2 aliphatic rings. The van der Waals surface area contributed by atoms with Crippen molar-refractivity contribution in [3.8, 4) is 0 Å². The first-order valence-electron chi connectivity index (χ1n) is 11.3. The SMILES string of the molecule is COC(=O)CC1CC(C=NN2CCS(=O)(=O)CC2)c2ccc(C(=O)c3ccccc3)cc2C1N. The molecule has 3 atom stereocenters. The Kier molecular flexibility index (Phi) is 7.13. The number of hydrazone groups is 1. The summed E-state index contributed by atoms with van der Waals surface area (Å²) < 4.78 is 28.3. The third kappa shape index (κ3) is 5.37. The van der Waals surface area contributed by atoms with Gasteiger partial charge in [0, 0.05) is 29.3 Å². The normalized spacial score (nSPS) is 23.9. The van der Waals surface area contributed by atoms with Gasteiger partial charge in [0.1, 0.15) is 0 Å². The number of fused-ring (bicyclic) bond motifs is 1. The van der Waals surface area contributed by atoms with Crippen LogP contribution in [0.4, 0.5) is 0 Å². The Hall–Kier alpha value is -3.04. The van der Waals surface area contributed by atoms with Gasteiger partial charge >= 0.3 is 5.97 Å². The van der Waals surface area contributed by atoms with E-state index in [4.69, 9.17) is 10.5 Å². The Morgan fingerprint density at radius 3 is 2.47 bits per heavy atom. The number of rotatable bonds is 6. The molecule has 0 amide bonds. The van der Waals surface area contributed by atoms with Gasteiger partial charge in [-0.05, 0) is 29.5 Å². The largest absolute Gasteiger partial charge is 0.469 e. The highest BCUT2D eigenvalue weighted by atomic mass is 32.2. The zero-order valence-corrected chi connectivity index (χ0v) is 19.9. The lowest BCUT2D eigenvalue weighted by Gasteiger charge is -2.35. The van der Waals surface area contributed by atoms with Gasteiger partial charge in [-0.3, -0.25) is 14.6 Å². The van der Waals surface area contributed by atoms with Gasteiger partial charge in [-0.2, -0.15) is 5.10 Å². The highest BCUT2D eigenvalue weighted by Crippen LogP contribution is 2.41. The van der Waals surface area contributed by atoms with Crippen molar-refractivity contribution >= 4 is 27.8 Å². The quantitative estimate of drug-likeness (QED) is 0.380. The molecule has 0 saturated carbocycles. The lowest BCUT2D eigenvalue weighted by Crippen LogP contribution is -2.37. The predicted molar refractivity (Wildman–Crippen MR) is 129 cm³/mol. The molecule has 0 bridgehead atoms. The number of benzene rings is 2. The van der Waals surface area contributed by atoms with Crippen LogP contribution in [0.5, 0.6) is 0 Å². The molecule has 2 aromatic rings. The van der Waals surface area contributed by atoms with Crippen LogP contribution in [0.25, 0.3) is 0 Å². The first kappa shape index (κ1) is 24.1. The maximum Gasteiger partial charge on any atom is 0.305 e. The van der Waals surface area contributed by atoms with Crippen molar-refractivity contribution in [2.45, 2.75) is 24.8 Å². The van der Waals surface area contributed by atoms with Gasteiger partial charge in [0.05, 0.1) is 38.1 Å². The molecule has 0 spiro atoms. The zero-order valence-electron chi connectivity index (χ0n) is 19.1. The predicted octanol–water partition coefficient (Wildman–Crippen LogP) is 2.30. The van der Waals surface area contributed by atoms with Crippen molar-refractivity contribution in [1.29, 1.82) is 0 Å². The Morgan fingerprint density at radius 1 is 1.09 bits per heavy atom. The van der Waals surface area contributed by atoms with E-state index in [2.05, 4.69) is 5.10 Å². The second-order valence-electron chi connectivity index (χ2n) is 8.82. The molecule has 1 aliphatic carbocycles. The summed E-state index contributed by atoms with van der Waals surface area (Å²) in [5.74, 6) is -0.550. The summed E-state index contributed by atoms with van der Waals surface area (Å²) in [5, 5.41) is 6.32. The minimum Gasteiger partial charge on any atom is -0.469 e. The van der Waals surface area contributed by atoms with E-state index in [0.29, 0.717) is 30.6 Å². The lowest BCUT2D eigenvalue weighted by molar-refractivity contribution is -0.142. The monoisotopic (exact) mass is 483 g/mol. The van der Waals surface area contributed by atoms with Crippen LogP contribution in [0.2, 0.25) is 0 Å². The maximum absolute atomic E-state index is 13.0. The topological polar surface area (TPSA) is 119 Å². The fourth-order valence-electron chi connectivity index (χ4n) is 4.59. The maximum atomic E-state index is 13.0. The number of ketones is 1. The van der Waals surface area contributed by atoms with E-state index in [1.54, 1.807) is 23.2 Å². The van der Waals surface area contributed by atoms with Gasteiger partial charge in [-0.15, -0.1) is 0 Å². The smallest absolute Gasteiger partial charge is 0.305 e. The van der Waals surface area contributed by atoms with Crippen LogP contribution in [0.1, 0.15) is 51.8 Å². The molecular weight excluding hydrogens is 454 g/mol. The van der Waals surface area contributed by atoms with Gasteiger partial charge in [0.15, 0.2) is 15.6 Å². The number of carbonyl (C=O) groups is 2. The summed E-state index contributed by atoms with van der Waals surface area (Å²) in [6.07, 6.45) is 2.58. The van der Waals surface area contributed by atoms with Gasteiger partial charge < -0.3 is 10.5 Å². The zero-order chi connectivity index (χ0) is 24.3. The van der Waals surface area contributed by atoms with Crippen LogP contribution >= 0.6 is 0 Å². The fourth-order valence-corrected chi connectivity index (χ4v) is 5.78. The molecule has 3 unspecified atom stereocenters. The average molecular weight is 484 g/mol. The Labute approximate surface area is 199 Å². The van der Waals surface area contributed by atoms with Crippen molar-refractivity contribution in [3.63, 3.8) is 0 Å². The molecule has 2 aromatic carbocycles. The van der Waals surface area contributed by atoms with Crippen LogP contribution in [0, 0.1) is 5.92 Å². The van der Waals surface area contributed by atoms with E-state index < -0.39 is 15.9 Å². The van der Waals surface area contributed by atoms with Crippen molar-refractivity contribution in [3.05, 3.63) is 70.8 Å². The minimum absolute atomic E-state index is 0.0897. The van der Waals surface area contributed by atoms with Gasteiger partial charge in [-0.25, -0.2) is 8.42 Å². The number of nitrogens with two attached hydrogens (primary N) is 1. The van der Waals surface area contributed by atoms with E-state index in [1.807, 2.05) is 36.5 Å². The third-order valence-electron chi connectivity index (χ3n) is 6.60. The first-order valence-corrected chi connectivity index (χ1v) is 13.1. The summed E-state index contributed by atoms with van der Waals surface area (Å²) in [6.45, 7) is 0.710. The summed E-state index contributed by atoms with van der Waals surface area (Å²) in [6, 6.07) is 14.2. The van der Waals surface area contributed by atoms with E-state index in [9.17, 15) is 18.0 Å². The van der Waals surface area contributed by atoms with Gasteiger partial charge in [0.2, 0.25) is 0 Å². The Balaban J connectivity index is 1.64. The van der Waals surface area contributed by atoms with E-state index in [0.717, 1.165) is 11.1 Å². The molecule has 4 rings (SSSR count). The first-order chi connectivity index (χ1) is 16.3. The molecule has 180 valence electrons. The second kappa shape index (κ2) is 10.1. The number of ether oxygens (including phenoxy) is 1. The number of hydrogen-bond acceptors (Lipinski definition) is 8. The van der Waals surface area contributed by atoms with E-state index >= 15 is 0 Å². The molecule has 1 saturated heterocycles. The van der Waals surface area contributed by atoms with Crippen molar-refractivity contribution in [2.24, 2.45) is 16.8 Å². The molecule has 0 radical (unpaired) electrons. The number of methoxy groups -OCH3 is 1. The van der Waals surface area contributed by atoms with Crippen LogP contribution in [0.3, 0.4) is 0 Å². The van der Waals surface area contributed by atoms with Gasteiger partial charge in [0.25, 0.3) is 0 Å². The molecule has 1 heterocycles. The van der Waals surface area contributed by atoms with Crippen LogP contribution < -0.4 is 5.73 Å². The molecule has 2 N–H and O–H groups in total. The van der Waals surface area contributed by atoms with Crippen LogP contribution in [-0.2, 0) is 19.4 Å². The average Bonchev–Trinajstić information content (AvgIpc) is 2.85. The molecule has 1 aliphatic heterocycles. The Bertz CT molecular complexity index is 1180. The number of hydrogen-bond donors (Lipinski definition) is 1.